The van der Waals surface area contributed by atoms with Gasteiger partial charge in [-0.15, -0.1) is 0 Å². The summed E-state index contributed by atoms with van der Waals surface area (Å²) in [5.41, 5.74) is 1.06. The fourth-order valence-corrected chi connectivity index (χ4v) is 2.76. The predicted molar refractivity (Wildman–Crippen MR) is 103 cm³/mol. The molecule has 0 saturated heterocycles. The molecule has 3 rings (SSSR count). The third-order valence-electron chi connectivity index (χ3n) is 3.39. The molecule has 1 aromatic heterocycles. The molecule has 0 aliphatic carbocycles. The number of halogens is 3. The smallest absolute Gasteiger partial charge is 0.291 e. The van der Waals surface area contributed by atoms with Gasteiger partial charge in [0.2, 0.25) is 0 Å². The molecule has 1 heterocycles. The zero-order valence-corrected chi connectivity index (χ0v) is 15.3. The molecule has 0 saturated carbocycles. The number of rotatable bonds is 4. The van der Waals surface area contributed by atoms with Crippen molar-refractivity contribution in [3.63, 3.8) is 0 Å². The van der Waals surface area contributed by atoms with E-state index in [-0.39, 0.29) is 21.4 Å². The van der Waals surface area contributed by atoms with Gasteiger partial charge >= 0.3 is 0 Å². The molecular formula is C18H11Cl3N2O3. The van der Waals surface area contributed by atoms with Crippen molar-refractivity contribution in [1.82, 2.24) is 0 Å². The van der Waals surface area contributed by atoms with Crippen molar-refractivity contribution in [3.05, 3.63) is 81.2 Å². The van der Waals surface area contributed by atoms with Gasteiger partial charge in [0.05, 0.1) is 27.6 Å². The number of carbonyl (C=O) groups excluding carboxylic acids is 2. The van der Waals surface area contributed by atoms with Crippen molar-refractivity contribution >= 4 is 58.0 Å². The monoisotopic (exact) mass is 408 g/mol. The SMILES string of the molecule is O=C(Nc1ccc(NC(=O)c2cc(Cl)ccc2Cl)cc1Cl)c1ccco1. The lowest BCUT2D eigenvalue weighted by molar-refractivity contribution is 0.0994. The highest BCUT2D eigenvalue weighted by atomic mass is 35.5. The van der Waals surface area contributed by atoms with Crippen molar-refractivity contribution in [2.24, 2.45) is 0 Å². The number of hydrogen-bond acceptors (Lipinski definition) is 3. The van der Waals surface area contributed by atoms with Crippen LogP contribution >= 0.6 is 34.8 Å². The Morgan fingerprint density at radius 3 is 2.35 bits per heavy atom. The Morgan fingerprint density at radius 1 is 0.846 bits per heavy atom. The normalized spacial score (nSPS) is 10.4. The molecule has 0 radical (unpaired) electrons. The molecule has 8 heteroatoms. The minimum atomic E-state index is -0.431. The second-order valence-corrected chi connectivity index (χ2v) is 6.46. The molecule has 2 aromatic carbocycles. The molecule has 132 valence electrons. The van der Waals surface area contributed by atoms with Crippen LogP contribution in [-0.2, 0) is 0 Å². The van der Waals surface area contributed by atoms with E-state index in [1.807, 2.05) is 0 Å². The highest BCUT2D eigenvalue weighted by Crippen LogP contribution is 2.27. The maximum Gasteiger partial charge on any atom is 0.291 e. The van der Waals surface area contributed by atoms with Gasteiger partial charge in [0.25, 0.3) is 11.8 Å². The number of anilines is 2. The Kier molecular flexibility index (Phi) is 5.52. The molecule has 2 amide bonds. The van der Waals surface area contributed by atoms with Crippen LogP contribution in [0.1, 0.15) is 20.9 Å². The average molecular weight is 410 g/mol. The van der Waals surface area contributed by atoms with Gasteiger partial charge in [-0.25, -0.2) is 0 Å². The van der Waals surface area contributed by atoms with Crippen LogP contribution < -0.4 is 10.6 Å². The Labute approximate surface area is 163 Å². The van der Waals surface area contributed by atoms with Crippen LogP contribution in [0.15, 0.2) is 59.2 Å². The summed E-state index contributed by atoms with van der Waals surface area (Å²) in [6.07, 6.45) is 1.40. The van der Waals surface area contributed by atoms with Gasteiger partial charge in [0, 0.05) is 10.7 Å². The highest BCUT2D eigenvalue weighted by molar-refractivity contribution is 6.36. The lowest BCUT2D eigenvalue weighted by atomic mass is 10.2. The van der Waals surface area contributed by atoms with Gasteiger partial charge in [-0.1, -0.05) is 34.8 Å². The maximum atomic E-state index is 12.3. The fourth-order valence-electron chi connectivity index (χ4n) is 2.16. The number of nitrogens with one attached hydrogen (secondary N) is 2. The summed E-state index contributed by atoms with van der Waals surface area (Å²) < 4.78 is 5.02. The molecule has 3 aromatic rings. The number of furan rings is 1. The van der Waals surface area contributed by atoms with Gasteiger partial charge in [0.15, 0.2) is 5.76 Å². The van der Waals surface area contributed by atoms with E-state index in [0.717, 1.165) is 0 Å². The number of amides is 2. The second kappa shape index (κ2) is 7.83. The van der Waals surface area contributed by atoms with E-state index in [0.29, 0.717) is 16.4 Å². The van der Waals surface area contributed by atoms with Gasteiger partial charge in [0.1, 0.15) is 0 Å². The first-order valence-corrected chi connectivity index (χ1v) is 8.48. The van der Waals surface area contributed by atoms with E-state index in [9.17, 15) is 9.59 Å². The van der Waals surface area contributed by atoms with Crippen molar-refractivity contribution in [2.45, 2.75) is 0 Å². The lowest BCUT2D eigenvalue weighted by Gasteiger charge is -2.10. The average Bonchev–Trinajstić information content (AvgIpc) is 3.14. The quantitative estimate of drug-likeness (QED) is 0.577. The molecule has 0 atom stereocenters. The Morgan fingerprint density at radius 2 is 1.65 bits per heavy atom. The molecule has 0 aliphatic rings. The number of hydrogen-bond donors (Lipinski definition) is 2. The molecule has 2 N–H and O–H groups in total. The lowest BCUT2D eigenvalue weighted by Crippen LogP contribution is -2.13. The molecule has 0 aliphatic heterocycles. The summed E-state index contributed by atoms with van der Waals surface area (Å²) in [6, 6.07) is 12.4. The van der Waals surface area contributed by atoms with Gasteiger partial charge < -0.3 is 15.1 Å². The van der Waals surface area contributed by atoms with Crippen LogP contribution in [0.5, 0.6) is 0 Å². The van der Waals surface area contributed by atoms with Gasteiger partial charge in [-0.2, -0.15) is 0 Å². The molecule has 0 fully saturated rings. The molecular weight excluding hydrogens is 399 g/mol. The largest absolute Gasteiger partial charge is 0.459 e. The third-order valence-corrected chi connectivity index (χ3v) is 4.27. The van der Waals surface area contributed by atoms with E-state index >= 15 is 0 Å². The minimum absolute atomic E-state index is 0.161. The Bertz CT molecular complexity index is 972. The van der Waals surface area contributed by atoms with E-state index in [1.165, 1.54) is 24.5 Å². The first kappa shape index (κ1) is 18.3. The fraction of sp³-hybridized carbons (Fsp3) is 0. The molecule has 0 bridgehead atoms. The first-order valence-electron chi connectivity index (χ1n) is 7.35. The predicted octanol–water partition coefficient (Wildman–Crippen LogP) is 5.74. The van der Waals surface area contributed by atoms with E-state index in [1.54, 1.807) is 30.3 Å². The zero-order valence-electron chi connectivity index (χ0n) is 13.1. The third kappa shape index (κ3) is 4.19. The summed E-state index contributed by atoms with van der Waals surface area (Å²) in [5.74, 6) is -0.700. The zero-order chi connectivity index (χ0) is 18.7. The van der Waals surface area contributed by atoms with Gasteiger partial charge in [-0.05, 0) is 48.5 Å². The summed E-state index contributed by atoms with van der Waals surface area (Å²) >= 11 is 18.1. The van der Waals surface area contributed by atoms with E-state index in [2.05, 4.69) is 10.6 Å². The molecule has 0 unspecified atom stereocenters. The Hall–Kier alpha value is -2.47. The first-order chi connectivity index (χ1) is 12.4. The summed E-state index contributed by atoms with van der Waals surface area (Å²) in [7, 11) is 0. The Balaban J connectivity index is 1.74. The molecule has 26 heavy (non-hydrogen) atoms. The summed E-state index contributed by atoms with van der Waals surface area (Å²) in [4.78, 5) is 24.3. The second-order valence-electron chi connectivity index (χ2n) is 5.20. The van der Waals surface area contributed by atoms with Gasteiger partial charge in [-0.3, -0.25) is 9.59 Å². The van der Waals surface area contributed by atoms with Crippen LogP contribution in [0.3, 0.4) is 0 Å². The van der Waals surface area contributed by atoms with Crippen LogP contribution in [0.25, 0.3) is 0 Å². The van der Waals surface area contributed by atoms with E-state index < -0.39 is 11.8 Å². The minimum Gasteiger partial charge on any atom is -0.459 e. The van der Waals surface area contributed by atoms with Crippen LogP contribution in [0.4, 0.5) is 11.4 Å². The molecule has 5 nitrogen and oxygen atoms in total. The van der Waals surface area contributed by atoms with Crippen LogP contribution in [0, 0.1) is 0 Å². The van der Waals surface area contributed by atoms with Crippen molar-refractivity contribution in [3.8, 4) is 0 Å². The van der Waals surface area contributed by atoms with Crippen molar-refractivity contribution < 1.29 is 14.0 Å². The highest BCUT2D eigenvalue weighted by Gasteiger charge is 2.14. The summed E-state index contributed by atoms with van der Waals surface area (Å²) in [5, 5.41) is 6.23. The van der Waals surface area contributed by atoms with Crippen LogP contribution in [-0.4, -0.2) is 11.8 Å². The topological polar surface area (TPSA) is 71.3 Å². The van der Waals surface area contributed by atoms with Crippen LogP contribution in [0.2, 0.25) is 15.1 Å². The number of carbonyl (C=O) groups is 2. The standard InChI is InChI=1S/C18H11Cl3N2O3/c19-10-3-5-13(20)12(8-10)17(24)22-11-4-6-15(14(21)9-11)23-18(25)16-2-1-7-26-16/h1-9H,(H,22,24)(H,23,25). The van der Waals surface area contributed by atoms with Crippen molar-refractivity contribution in [1.29, 1.82) is 0 Å². The number of benzene rings is 2. The summed E-state index contributed by atoms with van der Waals surface area (Å²) in [6.45, 7) is 0. The van der Waals surface area contributed by atoms with Crippen molar-refractivity contribution in [2.75, 3.05) is 10.6 Å². The molecule has 0 spiro atoms. The van der Waals surface area contributed by atoms with E-state index in [4.69, 9.17) is 39.2 Å². The maximum absolute atomic E-state index is 12.3.